The smallest absolute Gasteiger partial charge is 0.273 e. The van der Waals surface area contributed by atoms with Crippen LogP contribution in [-0.2, 0) is 13.0 Å². The fourth-order valence-corrected chi connectivity index (χ4v) is 5.39. The predicted molar refractivity (Wildman–Crippen MR) is 143 cm³/mol. The van der Waals surface area contributed by atoms with Crippen LogP contribution in [0.15, 0.2) is 85.1 Å². The molecule has 0 fully saturated rings. The average Bonchev–Trinajstić information content (AvgIpc) is 3.28. The number of hydrogen-bond donors (Lipinski definition) is 1. The summed E-state index contributed by atoms with van der Waals surface area (Å²) in [6.45, 7) is 5.09. The number of nitrogens with zero attached hydrogens (tertiary/aromatic N) is 2. The second-order valence-corrected chi connectivity index (χ2v) is 9.57. The number of aromatic nitrogens is 2. The summed E-state index contributed by atoms with van der Waals surface area (Å²) in [7, 11) is 0. The largest absolute Gasteiger partial charge is 0.325 e. The first-order valence-electron chi connectivity index (χ1n) is 12.4. The Bertz CT molecular complexity index is 1540. The van der Waals surface area contributed by atoms with Crippen molar-refractivity contribution >= 4 is 17.2 Å². The van der Waals surface area contributed by atoms with Gasteiger partial charge in [0.1, 0.15) is 11.3 Å². The van der Waals surface area contributed by atoms with Gasteiger partial charge in [0, 0.05) is 29.6 Å². The van der Waals surface area contributed by atoms with E-state index in [9.17, 15) is 4.79 Å². The van der Waals surface area contributed by atoms with Crippen molar-refractivity contribution in [3.63, 3.8) is 0 Å². The maximum atomic E-state index is 14.0. The van der Waals surface area contributed by atoms with E-state index in [0.29, 0.717) is 5.69 Å². The van der Waals surface area contributed by atoms with E-state index in [1.165, 1.54) is 16.7 Å². The number of nitrogens with one attached hydrogen (secondary N) is 1. The van der Waals surface area contributed by atoms with Crippen LogP contribution in [0.1, 0.15) is 40.0 Å². The maximum absolute atomic E-state index is 14.0. The van der Waals surface area contributed by atoms with E-state index in [4.69, 9.17) is 0 Å². The molecule has 0 spiro atoms. The topological polar surface area (TPSA) is 38.4 Å². The fraction of sp³-hybridized carbons (Fsp3) is 0.194. The lowest BCUT2D eigenvalue weighted by Gasteiger charge is -2.11. The molecule has 1 aliphatic rings. The van der Waals surface area contributed by atoms with Crippen LogP contribution in [-0.4, -0.2) is 14.9 Å². The van der Waals surface area contributed by atoms with Gasteiger partial charge >= 0.3 is 0 Å². The second-order valence-electron chi connectivity index (χ2n) is 9.57. The van der Waals surface area contributed by atoms with E-state index in [0.717, 1.165) is 59.5 Å². The third-order valence-corrected chi connectivity index (χ3v) is 7.03. The van der Waals surface area contributed by atoms with Gasteiger partial charge in [-0.25, -0.2) is 0 Å². The summed E-state index contributed by atoms with van der Waals surface area (Å²) in [5, 5.41) is 3.19. The Hall–Kier alpha value is -4.05. The first kappa shape index (κ1) is 21.5. The van der Waals surface area contributed by atoms with Crippen LogP contribution < -0.4 is 5.32 Å². The minimum Gasteiger partial charge on any atom is -0.325 e. The summed E-state index contributed by atoms with van der Waals surface area (Å²) in [6, 6.07) is 27.0. The van der Waals surface area contributed by atoms with Crippen molar-refractivity contribution in [3.8, 4) is 22.4 Å². The van der Waals surface area contributed by atoms with E-state index in [2.05, 4.69) is 75.9 Å². The highest BCUT2D eigenvalue weighted by molar-refractivity contribution is 6.10. The number of carbonyl (C=O) groups is 1. The molecule has 1 aliphatic heterocycles. The zero-order chi connectivity index (χ0) is 23.9. The van der Waals surface area contributed by atoms with Gasteiger partial charge in [-0.1, -0.05) is 72.3 Å². The highest BCUT2D eigenvalue weighted by Gasteiger charge is 2.29. The van der Waals surface area contributed by atoms with Crippen molar-refractivity contribution in [3.05, 3.63) is 107 Å². The molecule has 0 unspecified atom stereocenters. The number of amides is 1. The lowest BCUT2D eigenvalue weighted by atomic mass is 9.97. The molecule has 35 heavy (non-hydrogen) atoms. The predicted octanol–water partition coefficient (Wildman–Crippen LogP) is 7.28. The normalized spacial score (nSPS) is 13.1. The van der Waals surface area contributed by atoms with Crippen LogP contribution in [0.2, 0.25) is 0 Å². The molecule has 2 aromatic heterocycles. The van der Waals surface area contributed by atoms with Crippen LogP contribution in [0.3, 0.4) is 0 Å². The summed E-state index contributed by atoms with van der Waals surface area (Å²) in [5.41, 5.74) is 10.7. The molecule has 6 rings (SSSR count). The number of benzene rings is 3. The molecule has 0 saturated heterocycles. The lowest BCUT2D eigenvalue weighted by molar-refractivity contribution is 0.102. The molecule has 4 heteroatoms. The van der Waals surface area contributed by atoms with Gasteiger partial charge in [0.25, 0.3) is 5.91 Å². The molecule has 1 N–H and O–H groups in total. The van der Waals surface area contributed by atoms with Crippen molar-refractivity contribution in [1.82, 2.24) is 8.97 Å². The Kier molecular flexibility index (Phi) is 5.29. The van der Waals surface area contributed by atoms with Gasteiger partial charge in [0.15, 0.2) is 0 Å². The quantitative estimate of drug-likeness (QED) is 0.301. The fourth-order valence-electron chi connectivity index (χ4n) is 5.39. The zero-order valence-electron chi connectivity index (χ0n) is 20.2. The Morgan fingerprint density at radius 2 is 1.63 bits per heavy atom. The van der Waals surface area contributed by atoms with Gasteiger partial charge < -0.3 is 9.88 Å². The third-order valence-electron chi connectivity index (χ3n) is 7.03. The molecule has 0 atom stereocenters. The molecule has 3 aromatic carbocycles. The number of imidazole rings is 1. The Balaban J connectivity index is 1.61. The monoisotopic (exact) mass is 459 g/mol. The summed E-state index contributed by atoms with van der Waals surface area (Å²) >= 11 is 0. The Morgan fingerprint density at radius 1 is 0.829 bits per heavy atom. The molecule has 5 aromatic rings. The molecular formula is C31H29N3O. The van der Waals surface area contributed by atoms with Crippen LogP contribution in [0.5, 0.6) is 0 Å². The van der Waals surface area contributed by atoms with Gasteiger partial charge in [-0.3, -0.25) is 9.20 Å². The van der Waals surface area contributed by atoms with Gasteiger partial charge in [0.05, 0.1) is 5.69 Å². The second kappa shape index (κ2) is 8.62. The maximum Gasteiger partial charge on any atom is 0.273 e. The molecule has 0 aliphatic carbocycles. The van der Waals surface area contributed by atoms with Gasteiger partial charge in [0.2, 0.25) is 0 Å². The molecule has 1 amide bonds. The minimum atomic E-state index is -0.0789. The number of carbonyl (C=O) groups excluding carboxylic acids is 1. The zero-order valence-corrected chi connectivity index (χ0v) is 20.2. The highest BCUT2D eigenvalue weighted by Crippen LogP contribution is 2.39. The summed E-state index contributed by atoms with van der Waals surface area (Å²) < 4.78 is 4.56. The minimum absolute atomic E-state index is 0.0789. The molecular weight excluding hydrogens is 430 g/mol. The van der Waals surface area contributed by atoms with Crippen molar-refractivity contribution in [2.75, 3.05) is 5.32 Å². The van der Waals surface area contributed by atoms with Crippen LogP contribution >= 0.6 is 0 Å². The summed E-state index contributed by atoms with van der Waals surface area (Å²) in [6.07, 6.45) is 5.34. The third kappa shape index (κ3) is 3.75. The molecule has 0 radical (unpaired) electrons. The lowest BCUT2D eigenvalue weighted by Crippen LogP contribution is -2.15. The standard InChI is InChI=1S/C31H29N3O/c1-21-14-16-24(17-15-21)28-26-13-6-7-18-33-27(23-10-4-3-5-11-23)20-34(31(26)33)29(28)30(35)32-25-12-8-9-22(2)19-25/h3-5,8-12,14-17,19-20H,6-7,13,18H2,1-2H3,(H,32,35). The van der Waals surface area contributed by atoms with Crippen LogP contribution in [0, 0.1) is 13.8 Å². The van der Waals surface area contributed by atoms with Gasteiger partial charge in [-0.2, -0.15) is 0 Å². The summed E-state index contributed by atoms with van der Waals surface area (Å²) in [5.74, 6) is -0.0789. The Labute approximate surface area is 205 Å². The van der Waals surface area contributed by atoms with E-state index in [-0.39, 0.29) is 5.91 Å². The van der Waals surface area contributed by atoms with Crippen LogP contribution in [0.25, 0.3) is 28.0 Å². The first-order valence-corrected chi connectivity index (χ1v) is 12.4. The highest BCUT2D eigenvalue weighted by atomic mass is 16.1. The average molecular weight is 460 g/mol. The van der Waals surface area contributed by atoms with E-state index in [1.54, 1.807) is 0 Å². The molecule has 0 bridgehead atoms. The van der Waals surface area contributed by atoms with Crippen molar-refractivity contribution in [1.29, 1.82) is 0 Å². The molecule has 3 heterocycles. The SMILES string of the molecule is Cc1ccc(-c2c3c4n(c(-c5ccccc5)cn4c2C(=O)Nc2cccc(C)c2)CCCC3)cc1. The van der Waals surface area contributed by atoms with Crippen LogP contribution in [0.4, 0.5) is 5.69 Å². The molecule has 174 valence electrons. The van der Waals surface area contributed by atoms with Crippen molar-refractivity contribution in [2.45, 2.75) is 39.7 Å². The molecule has 0 saturated carbocycles. The first-order chi connectivity index (χ1) is 17.1. The number of aryl methyl sites for hydroxylation is 4. The van der Waals surface area contributed by atoms with Crippen molar-refractivity contribution in [2.24, 2.45) is 0 Å². The van der Waals surface area contributed by atoms with E-state index < -0.39 is 0 Å². The molecule has 4 nitrogen and oxygen atoms in total. The number of hydrogen-bond acceptors (Lipinski definition) is 1. The summed E-state index contributed by atoms with van der Waals surface area (Å²) in [4.78, 5) is 14.0. The Morgan fingerprint density at radius 3 is 2.40 bits per heavy atom. The number of rotatable bonds is 4. The van der Waals surface area contributed by atoms with E-state index in [1.807, 2.05) is 37.3 Å². The van der Waals surface area contributed by atoms with Gasteiger partial charge in [-0.15, -0.1) is 0 Å². The van der Waals surface area contributed by atoms with Crippen molar-refractivity contribution < 1.29 is 4.79 Å². The van der Waals surface area contributed by atoms with Gasteiger partial charge in [-0.05, 0) is 61.9 Å². The number of anilines is 1. The van der Waals surface area contributed by atoms with E-state index >= 15 is 0 Å².